The number of nitrogens with one attached hydrogen (secondary N) is 3. The molecule has 0 bridgehead atoms. The molecule has 6 nitrogen and oxygen atoms in total. The highest BCUT2D eigenvalue weighted by molar-refractivity contribution is 6.10. The lowest BCUT2D eigenvalue weighted by Gasteiger charge is -2.13. The number of pyridine rings is 1. The first kappa shape index (κ1) is 17.4. The van der Waals surface area contributed by atoms with Crippen molar-refractivity contribution in [2.75, 3.05) is 10.6 Å². The third-order valence-corrected chi connectivity index (χ3v) is 3.69. The maximum absolute atomic E-state index is 12.7. The van der Waals surface area contributed by atoms with Gasteiger partial charge in [0.15, 0.2) is 0 Å². The Kier molecular flexibility index (Phi) is 5.12. The summed E-state index contributed by atoms with van der Waals surface area (Å²) in [5.41, 5.74) is 2.27. The minimum atomic E-state index is -0.354. The molecule has 0 atom stereocenters. The molecule has 0 aliphatic rings. The Morgan fingerprint density at radius 3 is 2.50 bits per heavy atom. The van der Waals surface area contributed by atoms with Crippen molar-refractivity contribution < 1.29 is 9.59 Å². The predicted molar refractivity (Wildman–Crippen MR) is 103 cm³/mol. The number of hydrogen-bond donors (Lipinski definition) is 3. The highest BCUT2D eigenvalue weighted by Gasteiger charge is 2.14. The first-order valence-corrected chi connectivity index (χ1v) is 8.35. The van der Waals surface area contributed by atoms with E-state index in [1.54, 1.807) is 30.5 Å². The Hall–Kier alpha value is -3.41. The van der Waals surface area contributed by atoms with E-state index in [0.717, 1.165) is 10.9 Å². The van der Waals surface area contributed by atoms with Crippen LogP contribution in [0.15, 0.2) is 60.8 Å². The number of amides is 3. The zero-order valence-corrected chi connectivity index (χ0v) is 14.6. The van der Waals surface area contributed by atoms with E-state index in [4.69, 9.17) is 0 Å². The number of urea groups is 1. The van der Waals surface area contributed by atoms with E-state index < -0.39 is 0 Å². The first-order valence-electron chi connectivity index (χ1n) is 8.35. The zero-order chi connectivity index (χ0) is 18.5. The molecule has 1 heterocycles. The molecule has 6 heteroatoms. The maximum atomic E-state index is 12.7. The molecule has 3 N–H and O–H groups in total. The molecule has 0 saturated heterocycles. The largest absolute Gasteiger partial charge is 0.336 e. The van der Waals surface area contributed by atoms with Crippen molar-refractivity contribution in [2.24, 2.45) is 0 Å². The lowest BCUT2D eigenvalue weighted by atomic mass is 10.1. The number of para-hydroxylation sites is 2. The minimum absolute atomic E-state index is 0.000312. The molecule has 0 unspecified atom stereocenters. The molecule has 0 spiro atoms. The Bertz CT molecular complexity index is 953. The van der Waals surface area contributed by atoms with Gasteiger partial charge in [-0.15, -0.1) is 0 Å². The van der Waals surface area contributed by atoms with E-state index in [9.17, 15) is 9.59 Å². The van der Waals surface area contributed by atoms with Crippen molar-refractivity contribution in [2.45, 2.75) is 19.9 Å². The van der Waals surface area contributed by atoms with E-state index in [-0.39, 0.29) is 18.0 Å². The average Bonchev–Trinajstić information content (AvgIpc) is 2.61. The van der Waals surface area contributed by atoms with E-state index in [2.05, 4.69) is 20.9 Å². The van der Waals surface area contributed by atoms with Crippen LogP contribution in [0.2, 0.25) is 0 Å². The van der Waals surface area contributed by atoms with Crippen molar-refractivity contribution in [1.82, 2.24) is 10.3 Å². The summed E-state index contributed by atoms with van der Waals surface area (Å²) in [5, 5.41) is 9.22. The van der Waals surface area contributed by atoms with Crippen LogP contribution in [0.3, 0.4) is 0 Å². The number of rotatable bonds is 4. The van der Waals surface area contributed by atoms with Gasteiger partial charge in [-0.3, -0.25) is 9.78 Å². The van der Waals surface area contributed by atoms with Gasteiger partial charge in [0.1, 0.15) is 0 Å². The smallest absolute Gasteiger partial charge is 0.319 e. The molecule has 0 saturated carbocycles. The second kappa shape index (κ2) is 7.65. The molecular formula is C20H20N4O2. The van der Waals surface area contributed by atoms with Gasteiger partial charge < -0.3 is 16.0 Å². The van der Waals surface area contributed by atoms with Crippen LogP contribution in [-0.4, -0.2) is 23.0 Å². The van der Waals surface area contributed by atoms with E-state index in [1.807, 2.05) is 44.2 Å². The first-order chi connectivity index (χ1) is 12.5. The number of aromatic nitrogens is 1. The number of fused-ring (bicyclic) bond motifs is 1. The van der Waals surface area contributed by atoms with E-state index in [0.29, 0.717) is 16.9 Å². The van der Waals surface area contributed by atoms with Crippen LogP contribution < -0.4 is 16.0 Å². The molecule has 3 aromatic rings. The normalized spacial score (nSPS) is 10.6. The lowest BCUT2D eigenvalue weighted by Crippen LogP contribution is -2.34. The number of benzene rings is 2. The number of nitrogens with zero attached hydrogens (tertiary/aromatic N) is 1. The van der Waals surface area contributed by atoms with Gasteiger partial charge in [-0.1, -0.05) is 30.3 Å². The standard InChI is InChI=1S/C20H20N4O2/c1-13(2)22-20(26)24-18-10-6-4-8-16(18)19(25)23-15-11-14-7-3-5-9-17(14)21-12-15/h3-13H,1-2H3,(H,23,25)(H2,22,24,26). The fourth-order valence-electron chi connectivity index (χ4n) is 2.55. The van der Waals surface area contributed by atoms with Crippen LogP contribution in [0, 0.1) is 0 Å². The zero-order valence-electron chi connectivity index (χ0n) is 14.6. The molecule has 1 aromatic heterocycles. The Balaban J connectivity index is 1.79. The van der Waals surface area contributed by atoms with E-state index >= 15 is 0 Å². The molecule has 0 fully saturated rings. The van der Waals surface area contributed by atoms with Crippen LogP contribution in [-0.2, 0) is 0 Å². The highest BCUT2D eigenvalue weighted by Crippen LogP contribution is 2.20. The van der Waals surface area contributed by atoms with Crippen LogP contribution >= 0.6 is 0 Å². The Labute approximate surface area is 151 Å². The van der Waals surface area contributed by atoms with Gasteiger partial charge in [0.2, 0.25) is 0 Å². The molecule has 0 aliphatic carbocycles. The summed E-state index contributed by atoms with van der Waals surface area (Å²) in [6, 6.07) is 16.0. The highest BCUT2D eigenvalue weighted by atomic mass is 16.2. The third-order valence-electron chi connectivity index (χ3n) is 3.69. The Morgan fingerprint density at radius 2 is 1.69 bits per heavy atom. The minimum Gasteiger partial charge on any atom is -0.336 e. The topological polar surface area (TPSA) is 83.1 Å². The SMILES string of the molecule is CC(C)NC(=O)Nc1ccccc1C(=O)Nc1cnc2ccccc2c1. The monoisotopic (exact) mass is 348 g/mol. The summed E-state index contributed by atoms with van der Waals surface area (Å²) in [7, 11) is 0. The van der Waals surface area contributed by atoms with Crippen molar-refractivity contribution in [3.8, 4) is 0 Å². The van der Waals surface area contributed by atoms with Crippen molar-refractivity contribution in [3.05, 3.63) is 66.4 Å². The van der Waals surface area contributed by atoms with Crippen molar-refractivity contribution >= 4 is 34.2 Å². The fraction of sp³-hybridized carbons (Fsp3) is 0.150. The van der Waals surface area contributed by atoms with Crippen LogP contribution in [0.4, 0.5) is 16.2 Å². The predicted octanol–water partition coefficient (Wildman–Crippen LogP) is 4.02. The molecular weight excluding hydrogens is 328 g/mol. The van der Waals surface area contributed by atoms with Gasteiger partial charge in [-0.2, -0.15) is 0 Å². The Morgan fingerprint density at radius 1 is 0.962 bits per heavy atom. The van der Waals surface area contributed by atoms with Gasteiger partial charge in [-0.05, 0) is 38.1 Å². The summed E-state index contributed by atoms with van der Waals surface area (Å²) in [5.74, 6) is -0.317. The van der Waals surface area contributed by atoms with Gasteiger partial charge >= 0.3 is 6.03 Å². The summed E-state index contributed by atoms with van der Waals surface area (Å²) in [6.07, 6.45) is 1.61. The lowest BCUT2D eigenvalue weighted by molar-refractivity contribution is 0.102. The molecule has 26 heavy (non-hydrogen) atoms. The van der Waals surface area contributed by atoms with Gasteiger partial charge in [-0.25, -0.2) is 4.79 Å². The summed E-state index contributed by atoms with van der Waals surface area (Å²) in [6.45, 7) is 3.73. The average molecular weight is 348 g/mol. The molecule has 2 aromatic carbocycles. The van der Waals surface area contributed by atoms with Gasteiger partial charge in [0, 0.05) is 11.4 Å². The van der Waals surface area contributed by atoms with Crippen molar-refractivity contribution in [3.63, 3.8) is 0 Å². The second-order valence-electron chi connectivity index (χ2n) is 6.17. The number of carbonyl (C=O) groups excluding carboxylic acids is 2. The summed E-state index contributed by atoms with van der Waals surface area (Å²) < 4.78 is 0. The number of carbonyl (C=O) groups is 2. The number of anilines is 2. The van der Waals surface area contributed by atoms with E-state index in [1.165, 1.54) is 0 Å². The third kappa shape index (κ3) is 4.16. The quantitative estimate of drug-likeness (QED) is 0.666. The van der Waals surface area contributed by atoms with Gasteiger partial charge in [0.05, 0.1) is 28.7 Å². The molecule has 3 amide bonds. The number of hydrogen-bond acceptors (Lipinski definition) is 3. The summed E-state index contributed by atoms with van der Waals surface area (Å²) in [4.78, 5) is 28.9. The fourth-order valence-corrected chi connectivity index (χ4v) is 2.55. The van der Waals surface area contributed by atoms with Crippen LogP contribution in [0.5, 0.6) is 0 Å². The van der Waals surface area contributed by atoms with Gasteiger partial charge in [0.25, 0.3) is 5.91 Å². The molecule has 0 aliphatic heterocycles. The second-order valence-corrected chi connectivity index (χ2v) is 6.17. The van der Waals surface area contributed by atoms with Crippen LogP contribution in [0.1, 0.15) is 24.2 Å². The molecule has 132 valence electrons. The molecule has 3 rings (SSSR count). The van der Waals surface area contributed by atoms with Crippen LogP contribution in [0.25, 0.3) is 10.9 Å². The van der Waals surface area contributed by atoms with Crippen molar-refractivity contribution in [1.29, 1.82) is 0 Å². The molecule has 0 radical (unpaired) electrons. The maximum Gasteiger partial charge on any atom is 0.319 e. The summed E-state index contributed by atoms with van der Waals surface area (Å²) >= 11 is 0.